The number of hydrogen-bond acceptors (Lipinski definition) is 4. The highest BCUT2D eigenvalue weighted by Crippen LogP contribution is 2.13. The molecule has 14 heavy (non-hydrogen) atoms. The van der Waals surface area contributed by atoms with Gasteiger partial charge in [0.05, 0.1) is 17.1 Å². The molecular weight excluding hydrogens is 176 g/mol. The van der Waals surface area contributed by atoms with Crippen molar-refractivity contribution < 1.29 is 0 Å². The summed E-state index contributed by atoms with van der Waals surface area (Å²) >= 11 is 0. The van der Waals surface area contributed by atoms with E-state index in [1.807, 2.05) is 6.20 Å². The van der Waals surface area contributed by atoms with E-state index in [9.17, 15) is 0 Å². The van der Waals surface area contributed by atoms with Crippen LogP contribution in [0.1, 0.15) is 17.1 Å². The third kappa shape index (κ3) is 1.91. The molecule has 76 valence electrons. The van der Waals surface area contributed by atoms with Gasteiger partial charge in [-0.05, 0) is 13.6 Å². The average molecular weight is 192 g/mol. The number of aromatic nitrogens is 2. The van der Waals surface area contributed by atoms with Crippen LogP contribution in [0.15, 0.2) is 6.20 Å². The van der Waals surface area contributed by atoms with Gasteiger partial charge in [0.15, 0.2) is 0 Å². The fourth-order valence-corrected chi connectivity index (χ4v) is 1.73. The van der Waals surface area contributed by atoms with Gasteiger partial charge in [0, 0.05) is 32.1 Å². The molecule has 0 saturated carbocycles. The van der Waals surface area contributed by atoms with E-state index in [0.29, 0.717) is 6.54 Å². The molecule has 1 aromatic heterocycles. The molecule has 2 rings (SSSR count). The third-order valence-electron chi connectivity index (χ3n) is 2.53. The second-order valence-corrected chi connectivity index (χ2v) is 3.78. The van der Waals surface area contributed by atoms with Gasteiger partial charge in [0.1, 0.15) is 0 Å². The lowest BCUT2D eigenvalue weighted by molar-refractivity contribution is 0.304. The molecule has 0 fully saturated rings. The SMILES string of the molecule is CN1CCc2ncc(CCN)nc2C1. The van der Waals surface area contributed by atoms with Gasteiger partial charge in [-0.1, -0.05) is 0 Å². The Kier molecular flexibility index (Phi) is 2.74. The van der Waals surface area contributed by atoms with Crippen molar-refractivity contribution in [3.8, 4) is 0 Å². The normalized spacial score (nSPS) is 16.7. The first-order valence-corrected chi connectivity index (χ1v) is 5.02. The number of hydrogen-bond donors (Lipinski definition) is 1. The Morgan fingerprint density at radius 2 is 2.36 bits per heavy atom. The summed E-state index contributed by atoms with van der Waals surface area (Å²) in [6, 6.07) is 0. The van der Waals surface area contributed by atoms with Gasteiger partial charge in [-0.3, -0.25) is 9.97 Å². The molecule has 1 aliphatic heterocycles. The standard InChI is InChI=1S/C10H16N4/c1-14-5-3-9-10(7-14)13-8(2-4-11)6-12-9/h6H,2-5,7,11H2,1H3. The molecule has 0 aromatic carbocycles. The topological polar surface area (TPSA) is 55.0 Å². The fourth-order valence-electron chi connectivity index (χ4n) is 1.73. The average Bonchev–Trinajstić information content (AvgIpc) is 2.17. The quantitative estimate of drug-likeness (QED) is 0.714. The summed E-state index contributed by atoms with van der Waals surface area (Å²) in [7, 11) is 2.11. The Labute approximate surface area is 84.2 Å². The maximum Gasteiger partial charge on any atom is 0.0762 e. The molecule has 0 amide bonds. The Morgan fingerprint density at radius 3 is 3.14 bits per heavy atom. The summed E-state index contributed by atoms with van der Waals surface area (Å²) in [5.74, 6) is 0. The molecule has 4 nitrogen and oxygen atoms in total. The van der Waals surface area contributed by atoms with E-state index in [4.69, 9.17) is 5.73 Å². The van der Waals surface area contributed by atoms with Gasteiger partial charge in [0.25, 0.3) is 0 Å². The Hall–Kier alpha value is -1.00. The van der Waals surface area contributed by atoms with Crippen molar-refractivity contribution in [2.24, 2.45) is 5.73 Å². The summed E-state index contributed by atoms with van der Waals surface area (Å²) < 4.78 is 0. The molecule has 0 aliphatic carbocycles. The summed E-state index contributed by atoms with van der Waals surface area (Å²) in [4.78, 5) is 11.3. The number of fused-ring (bicyclic) bond motifs is 1. The van der Waals surface area contributed by atoms with E-state index >= 15 is 0 Å². The van der Waals surface area contributed by atoms with E-state index in [1.165, 1.54) is 0 Å². The van der Waals surface area contributed by atoms with Crippen molar-refractivity contribution in [2.45, 2.75) is 19.4 Å². The van der Waals surface area contributed by atoms with Crippen molar-refractivity contribution in [3.63, 3.8) is 0 Å². The number of nitrogens with two attached hydrogens (primary N) is 1. The Bertz CT molecular complexity index is 324. The number of likely N-dealkylation sites (N-methyl/N-ethyl adjacent to an activating group) is 1. The lowest BCUT2D eigenvalue weighted by Crippen LogP contribution is -2.28. The van der Waals surface area contributed by atoms with Crippen LogP contribution in [0.2, 0.25) is 0 Å². The van der Waals surface area contributed by atoms with Gasteiger partial charge in [0.2, 0.25) is 0 Å². The monoisotopic (exact) mass is 192 g/mol. The maximum atomic E-state index is 5.49. The summed E-state index contributed by atoms with van der Waals surface area (Å²) in [6.45, 7) is 2.64. The van der Waals surface area contributed by atoms with Gasteiger partial charge >= 0.3 is 0 Å². The van der Waals surface area contributed by atoms with Crippen LogP contribution in [-0.4, -0.2) is 35.0 Å². The zero-order valence-corrected chi connectivity index (χ0v) is 8.53. The Morgan fingerprint density at radius 1 is 1.50 bits per heavy atom. The van der Waals surface area contributed by atoms with Crippen molar-refractivity contribution in [1.82, 2.24) is 14.9 Å². The summed E-state index contributed by atoms with van der Waals surface area (Å²) in [5, 5.41) is 0. The number of rotatable bonds is 2. The van der Waals surface area contributed by atoms with Crippen molar-refractivity contribution in [3.05, 3.63) is 23.3 Å². The van der Waals surface area contributed by atoms with Crippen LogP contribution in [0.3, 0.4) is 0 Å². The van der Waals surface area contributed by atoms with Crippen molar-refractivity contribution in [1.29, 1.82) is 0 Å². The van der Waals surface area contributed by atoms with E-state index in [0.717, 1.165) is 43.0 Å². The van der Waals surface area contributed by atoms with Crippen molar-refractivity contribution in [2.75, 3.05) is 20.1 Å². The minimum atomic E-state index is 0.642. The minimum Gasteiger partial charge on any atom is -0.330 e. The minimum absolute atomic E-state index is 0.642. The lowest BCUT2D eigenvalue weighted by Gasteiger charge is -2.23. The Balaban J connectivity index is 2.24. The van der Waals surface area contributed by atoms with Crippen LogP contribution in [0.4, 0.5) is 0 Å². The first-order chi connectivity index (χ1) is 6.79. The maximum absolute atomic E-state index is 5.49. The molecule has 1 aromatic rings. The van der Waals surface area contributed by atoms with Crippen LogP contribution in [0.5, 0.6) is 0 Å². The molecule has 2 N–H and O–H groups in total. The third-order valence-corrected chi connectivity index (χ3v) is 2.53. The highest BCUT2D eigenvalue weighted by Gasteiger charge is 2.15. The molecule has 0 spiro atoms. The second-order valence-electron chi connectivity index (χ2n) is 3.78. The van der Waals surface area contributed by atoms with E-state index in [1.54, 1.807) is 0 Å². The summed E-state index contributed by atoms with van der Waals surface area (Å²) in [6.07, 6.45) is 3.70. The van der Waals surface area contributed by atoms with Gasteiger partial charge in [-0.15, -0.1) is 0 Å². The van der Waals surface area contributed by atoms with E-state index in [-0.39, 0.29) is 0 Å². The van der Waals surface area contributed by atoms with Crippen LogP contribution < -0.4 is 5.73 Å². The predicted octanol–water partition coefficient (Wildman–Crippen LogP) is -0.0343. The van der Waals surface area contributed by atoms with Crippen LogP contribution >= 0.6 is 0 Å². The van der Waals surface area contributed by atoms with Gasteiger partial charge in [-0.2, -0.15) is 0 Å². The molecule has 2 heterocycles. The number of nitrogens with zero attached hydrogens (tertiary/aromatic N) is 3. The van der Waals surface area contributed by atoms with Gasteiger partial charge < -0.3 is 10.6 Å². The van der Waals surface area contributed by atoms with Crippen LogP contribution in [0.25, 0.3) is 0 Å². The van der Waals surface area contributed by atoms with Gasteiger partial charge in [-0.25, -0.2) is 0 Å². The molecule has 0 unspecified atom stereocenters. The predicted molar refractivity (Wildman–Crippen MR) is 54.8 cm³/mol. The molecule has 0 radical (unpaired) electrons. The highest BCUT2D eigenvalue weighted by atomic mass is 15.1. The first-order valence-electron chi connectivity index (χ1n) is 5.02. The van der Waals surface area contributed by atoms with Crippen LogP contribution in [-0.2, 0) is 19.4 Å². The summed E-state index contributed by atoms with van der Waals surface area (Å²) in [5.41, 5.74) is 8.79. The molecule has 1 aliphatic rings. The fraction of sp³-hybridized carbons (Fsp3) is 0.600. The molecule has 0 saturated heterocycles. The van der Waals surface area contributed by atoms with Crippen molar-refractivity contribution >= 4 is 0 Å². The molecule has 4 heteroatoms. The molecular formula is C10H16N4. The molecule has 0 bridgehead atoms. The largest absolute Gasteiger partial charge is 0.330 e. The van der Waals surface area contributed by atoms with E-state index < -0.39 is 0 Å². The lowest BCUT2D eigenvalue weighted by atomic mass is 10.1. The van der Waals surface area contributed by atoms with Crippen LogP contribution in [0, 0.1) is 0 Å². The second kappa shape index (κ2) is 4.02. The smallest absolute Gasteiger partial charge is 0.0762 e. The zero-order valence-electron chi connectivity index (χ0n) is 8.53. The first kappa shape index (κ1) is 9.55. The highest BCUT2D eigenvalue weighted by molar-refractivity contribution is 5.17. The van der Waals surface area contributed by atoms with E-state index in [2.05, 4.69) is 21.9 Å². The molecule has 0 atom stereocenters. The zero-order chi connectivity index (χ0) is 9.97.